The Hall–Kier alpha value is -2.34. The summed E-state index contributed by atoms with van der Waals surface area (Å²) in [6, 6.07) is -4.33. The van der Waals surface area contributed by atoms with Crippen LogP contribution < -0.4 is 21.7 Å². The topological polar surface area (TPSA) is 188 Å². The van der Waals surface area contributed by atoms with Gasteiger partial charge in [0, 0.05) is 11.7 Å². The van der Waals surface area contributed by atoms with Gasteiger partial charge in [-0.25, -0.2) is 4.79 Å². The molecular formula is C15H26N4O7S. The summed E-state index contributed by atoms with van der Waals surface area (Å²) in [4.78, 5) is 58.5. The number of carbonyl (C=O) groups is 5. The molecule has 11 nitrogen and oxygen atoms in total. The molecule has 12 heteroatoms. The molecule has 0 aliphatic carbocycles. The van der Waals surface area contributed by atoms with Crippen molar-refractivity contribution in [3.8, 4) is 0 Å². The number of primary amides is 1. The summed E-state index contributed by atoms with van der Waals surface area (Å²) < 4.78 is -1.02. The fourth-order valence-electron chi connectivity index (χ4n) is 2.07. The normalized spacial score (nSPS) is 15.6. The molecule has 0 aliphatic heterocycles. The predicted molar refractivity (Wildman–Crippen MR) is 97.7 cm³/mol. The highest BCUT2D eigenvalue weighted by atomic mass is 32.1. The Kier molecular flexibility index (Phi) is 9.24. The fourth-order valence-corrected chi connectivity index (χ4v) is 2.26. The third-order valence-electron chi connectivity index (χ3n) is 3.40. The third-order valence-corrected chi connectivity index (χ3v) is 3.66. The van der Waals surface area contributed by atoms with Crippen molar-refractivity contribution in [3.63, 3.8) is 0 Å². The molecule has 0 heterocycles. The molecule has 0 fully saturated rings. The van der Waals surface area contributed by atoms with Gasteiger partial charge in [-0.2, -0.15) is 12.6 Å². The van der Waals surface area contributed by atoms with Crippen molar-refractivity contribution in [3.05, 3.63) is 0 Å². The van der Waals surface area contributed by atoms with Gasteiger partial charge in [0.05, 0.1) is 12.5 Å². The molecule has 4 atom stereocenters. The molecule has 0 aromatic heterocycles. The highest BCUT2D eigenvalue weighted by Gasteiger charge is 2.36. The van der Waals surface area contributed by atoms with E-state index >= 15 is 0 Å². The second-order valence-corrected chi connectivity index (χ2v) is 7.74. The summed E-state index contributed by atoms with van der Waals surface area (Å²) in [5.74, 6) is -4.81. The SMILES string of the molecule is CC(=O)N[C@H](C(=O)N[C@@H](CC(N)=O)C(=O)N[C@H](C(=O)O)[C@@H](C)O)C(C)(C)S. The van der Waals surface area contributed by atoms with E-state index in [0.29, 0.717) is 0 Å². The molecule has 27 heavy (non-hydrogen) atoms. The summed E-state index contributed by atoms with van der Waals surface area (Å²) in [5, 5.41) is 25.1. The monoisotopic (exact) mass is 406 g/mol. The molecule has 0 saturated heterocycles. The zero-order valence-corrected chi connectivity index (χ0v) is 16.4. The van der Waals surface area contributed by atoms with E-state index in [4.69, 9.17) is 10.8 Å². The van der Waals surface area contributed by atoms with Gasteiger partial charge in [-0.15, -0.1) is 0 Å². The number of hydrogen-bond acceptors (Lipinski definition) is 7. The summed E-state index contributed by atoms with van der Waals surface area (Å²) in [5.41, 5.74) is 5.08. The van der Waals surface area contributed by atoms with E-state index in [9.17, 15) is 29.1 Å². The highest BCUT2D eigenvalue weighted by Crippen LogP contribution is 2.18. The minimum absolute atomic E-state index is 0.520. The number of nitrogens with one attached hydrogen (secondary N) is 3. The van der Waals surface area contributed by atoms with E-state index in [1.807, 2.05) is 5.32 Å². The maximum Gasteiger partial charge on any atom is 0.328 e. The van der Waals surface area contributed by atoms with E-state index in [1.54, 1.807) is 13.8 Å². The number of carbonyl (C=O) groups excluding carboxylic acids is 4. The first-order valence-electron chi connectivity index (χ1n) is 7.96. The lowest BCUT2D eigenvalue weighted by Crippen LogP contribution is -2.61. The molecular weight excluding hydrogens is 380 g/mol. The van der Waals surface area contributed by atoms with Crippen LogP contribution in [0.15, 0.2) is 0 Å². The lowest BCUT2D eigenvalue weighted by Gasteiger charge is -2.30. The Morgan fingerprint density at radius 3 is 1.93 bits per heavy atom. The molecule has 4 amide bonds. The van der Waals surface area contributed by atoms with Gasteiger partial charge in [0.1, 0.15) is 12.1 Å². The van der Waals surface area contributed by atoms with Crippen molar-refractivity contribution in [2.75, 3.05) is 0 Å². The molecule has 0 radical (unpaired) electrons. The van der Waals surface area contributed by atoms with E-state index in [2.05, 4.69) is 23.3 Å². The van der Waals surface area contributed by atoms with E-state index < -0.39 is 65.0 Å². The first-order valence-corrected chi connectivity index (χ1v) is 8.41. The van der Waals surface area contributed by atoms with Gasteiger partial charge in [0.2, 0.25) is 23.6 Å². The molecule has 154 valence electrons. The molecule has 0 bridgehead atoms. The molecule has 7 N–H and O–H groups in total. The first kappa shape index (κ1) is 24.7. The van der Waals surface area contributed by atoms with E-state index in [-0.39, 0.29) is 0 Å². The van der Waals surface area contributed by atoms with Crippen LogP contribution in [0.3, 0.4) is 0 Å². The number of carboxylic acids is 1. The van der Waals surface area contributed by atoms with Crippen molar-refractivity contribution in [2.45, 2.75) is 63.1 Å². The number of carboxylic acid groups (broad SMARTS) is 1. The predicted octanol–water partition coefficient (Wildman–Crippen LogP) is -2.49. The summed E-state index contributed by atoms with van der Waals surface area (Å²) in [6.07, 6.45) is -2.05. The van der Waals surface area contributed by atoms with Crippen molar-refractivity contribution in [1.82, 2.24) is 16.0 Å². The number of aliphatic carboxylic acids is 1. The standard InChI is InChI=1S/C15H26N4O7S/c1-6(20)10(14(25)26)19-12(23)8(5-9(16)22)18-13(24)11(15(3,4)27)17-7(2)21/h6,8,10-11,20,27H,5H2,1-4H3,(H2,16,22)(H,17,21)(H,18,24)(H,19,23)(H,25,26)/t6-,8+,10+,11-/m1/s1. The molecule has 0 aliphatic rings. The van der Waals surface area contributed by atoms with Crippen LogP contribution in [-0.2, 0) is 24.0 Å². The van der Waals surface area contributed by atoms with Crippen molar-refractivity contribution >= 4 is 42.2 Å². The molecule has 0 aromatic carbocycles. The minimum Gasteiger partial charge on any atom is -0.480 e. The zero-order valence-electron chi connectivity index (χ0n) is 15.5. The van der Waals surface area contributed by atoms with Crippen LogP contribution in [0.4, 0.5) is 0 Å². The van der Waals surface area contributed by atoms with Crippen LogP contribution in [0.1, 0.15) is 34.1 Å². The Bertz CT molecular complexity index is 603. The molecule has 0 saturated carbocycles. The number of hydrogen-bond donors (Lipinski definition) is 7. The van der Waals surface area contributed by atoms with E-state index in [1.165, 1.54) is 6.92 Å². The van der Waals surface area contributed by atoms with Gasteiger partial charge in [-0.3, -0.25) is 19.2 Å². The molecule has 0 rings (SSSR count). The zero-order chi connectivity index (χ0) is 21.5. The van der Waals surface area contributed by atoms with Crippen LogP contribution in [0.25, 0.3) is 0 Å². The average Bonchev–Trinajstić information content (AvgIpc) is 2.46. The Labute approximate surface area is 161 Å². The average molecular weight is 406 g/mol. The summed E-state index contributed by atoms with van der Waals surface area (Å²) >= 11 is 4.24. The lowest BCUT2D eigenvalue weighted by atomic mass is 10.0. The molecule has 0 aromatic rings. The second kappa shape index (κ2) is 10.1. The van der Waals surface area contributed by atoms with Gasteiger partial charge < -0.3 is 31.9 Å². The van der Waals surface area contributed by atoms with E-state index in [0.717, 1.165) is 6.92 Å². The smallest absolute Gasteiger partial charge is 0.328 e. The number of nitrogens with two attached hydrogens (primary N) is 1. The first-order chi connectivity index (χ1) is 12.2. The van der Waals surface area contributed by atoms with Crippen LogP contribution >= 0.6 is 12.6 Å². The van der Waals surface area contributed by atoms with Gasteiger partial charge in [0.25, 0.3) is 0 Å². The number of aliphatic hydroxyl groups excluding tert-OH is 1. The van der Waals surface area contributed by atoms with Gasteiger partial charge in [0.15, 0.2) is 6.04 Å². The van der Waals surface area contributed by atoms with Gasteiger partial charge in [-0.05, 0) is 20.8 Å². The number of rotatable bonds is 10. The summed E-state index contributed by atoms with van der Waals surface area (Å²) in [6.45, 7) is 5.44. The molecule has 0 spiro atoms. The Morgan fingerprint density at radius 2 is 1.59 bits per heavy atom. The maximum atomic E-state index is 12.5. The fraction of sp³-hybridized carbons (Fsp3) is 0.667. The van der Waals surface area contributed by atoms with Crippen LogP contribution in [0.2, 0.25) is 0 Å². The third kappa shape index (κ3) is 8.73. The number of thiol groups is 1. The quantitative estimate of drug-likeness (QED) is 0.195. The van der Waals surface area contributed by atoms with Crippen molar-refractivity contribution in [1.29, 1.82) is 0 Å². The Balaban J connectivity index is 5.47. The van der Waals surface area contributed by atoms with Crippen molar-refractivity contribution < 1.29 is 34.2 Å². The second-order valence-electron chi connectivity index (χ2n) is 6.58. The van der Waals surface area contributed by atoms with Crippen LogP contribution in [0, 0.1) is 0 Å². The summed E-state index contributed by atoms with van der Waals surface area (Å²) in [7, 11) is 0. The largest absolute Gasteiger partial charge is 0.480 e. The Morgan fingerprint density at radius 1 is 1.07 bits per heavy atom. The minimum atomic E-state index is -1.66. The van der Waals surface area contributed by atoms with Crippen LogP contribution in [0.5, 0.6) is 0 Å². The van der Waals surface area contributed by atoms with Gasteiger partial charge in [-0.1, -0.05) is 0 Å². The lowest BCUT2D eigenvalue weighted by molar-refractivity contribution is -0.145. The van der Waals surface area contributed by atoms with Crippen molar-refractivity contribution in [2.24, 2.45) is 5.73 Å². The number of amides is 4. The number of aliphatic hydroxyl groups is 1. The van der Waals surface area contributed by atoms with Crippen LogP contribution in [-0.4, -0.2) is 68.8 Å². The highest BCUT2D eigenvalue weighted by molar-refractivity contribution is 7.81. The maximum absolute atomic E-state index is 12.5. The molecule has 0 unspecified atom stereocenters. The van der Waals surface area contributed by atoms with Gasteiger partial charge >= 0.3 is 5.97 Å².